The first-order chi connectivity index (χ1) is 13.4. The Bertz CT molecular complexity index is 907. The van der Waals surface area contributed by atoms with E-state index in [1.54, 1.807) is 0 Å². The summed E-state index contributed by atoms with van der Waals surface area (Å²) in [5.74, 6) is -1.38. The fourth-order valence-electron chi connectivity index (χ4n) is 3.22. The zero-order valence-electron chi connectivity index (χ0n) is 15.6. The van der Waals surface area contributed by atoms with E-state index in [1.165, 1.54) is 42.9 Å². The van der Waals surface area contributed by atoms with Crippen LogP contribution in [0.15, 0.2) is 41.3 Å². The second kappa shape index (κ2) is 8.79. The van der Waals surface area contributed by atoms with E-state index >= 15 is 0 Å². The van der Waals surface area contributed by atoms with Crippen LogP contribution in [0.4, 0.5) is 15.8 Å². The number of aromatic amines is 1. The molecule has 0 saturated carbocycles. The molecule has 1 atom stereocenters. The maximum atomic E-state index is 14.1. The largest absolute Gasteiger partial charge is 0.328 e. The number of nitrogens with zero attached hydrogens (tertiary/aromatic N) is 1. The third-order valence-corrected chi connectivity index (χ3v) is 4.83. The Morgan fingerprint density at radius 1 is 1.21 bits per heavy atom. The molecule has 2 aromatic rings. The Morgan fingerprint density at radius 2 is 2.04 bits per heavy atom. The minimum atomic E-state index is -0.625. The van der Waals surface area contributed by atoms with Crippen molar-refractivity contribution in [3.8, 4) is 0 Å². The minimum Gasteiger partial charge on any atom is -0.328 e. The molecule has 2 heterocycles. The quantitative estimate of drug-likeness (QED) is 0.736. The molecular formula is C20H23FN4O3. The highest BCUT2D eigenvalue weighted by Crippen LogP contribution is 2.21. The van der Waals surface area contributed by atoms with Crippen molar-refractivity contribution in [1.29, 1.82) is 0 Å². The molecule has 0 aliphatic carbocycles. The number of hydrogen-bond donors (Lipinski definition) is 3. The summed E-state index contributed by atoms with van der Waals surface area (Å²) in [6.07, 6.45) is 4.58. The first-order valence-corrected chi connectivity index (χ1v) is 9.26. The SMILES string of the molecule is CC1CCCCN1CC(=O)Nc1ccc(F)c(NC(=O)c2ccc(=O)[nH]c2)c1. The Labute approximate surface area is 161 Å². The summed E-state index contributed by atoms with van der Waals surface area (Å²) in [7, 11) is 0. The lowest BCUT2D eigenvalue weighted by atomic mass is 10.0. The van der Waals surface area contributed by atoms with Gasteiger partial charge in [0.1, 0.15) is 5.82 Å². The van der Waals surface area contributed by atoms with Crippen LogP contribution in [0, 0.1) is 5.82 Å². The van der Waals surface area contributed by atoms with Crippen LogP contribution in [0.1, 0.15) is 36.5 Å². The number of rotatable bonds is 5. The van der Waals surface area contributed by atoms with Crippen LogP contribution in [0.5, 0.6) is 0 Å². The van der Waals surface area contributed by atoms with Crippen LogP contribution in [0.25, 0.3) is 0 Å². The molecule has 1 aromatic heterocycles. The maximum Gasteiger partial charge on any atom is 0.257 e. The van der Waals surface area contributed by atoms with Gasteiger partial charge in [0, 0.05) is 24.0 Å². The first kappa shape index (κ1) is 19.8. The molecule has 3 N–H and O–H groups in total. The van der Waals surface area contributed by atoms with Gasteiger partial charge in [-0.15, -0.1) is 0 Å². The van der Waals surface area contributed by atoms with Gasteiger partial charge in [0.05, 0.1) is 17.8 Å². The summed E-state index contributed by atoms with van der Waals surface area (Å²) in [5, 5.41) is 5.20. The molecule has 1 saturated heterocycles. The van der Waals surface area contributed by atoms with Gasteiger partial charge in [-0.05, 0) is 50.6 Å². The zero-order chi connectivity index (χ0) is 20.1. The Hall–Kier alpha value is -3.00. The number of likely N-dealkylation sites (tertiary alicyclic amines) is 1. The summed E-state index contributed by atoms with van der Waals surface area (Å²) in [4.78, 5) is 40.1. The first-order valence-electron chi connectivity index (χ1n) is 9.26. The summed E-state index contributed by atoms with van der Waals surface area (Å²) in [6, 6.07) is 6.92. The molecule has 1 aliphatic rings. The highest BCUT2D eigenvalue weighted by atomic mass is 19.1. The molecular weight excluding hydrogens is 363 g/mol. The Balaban J connectivity index is 1.65. The average molecular weight is 386 g/mol. The lowest BCUT2D eigenvalue weighted by molar-refractivity contribution is -0.118. The zero-order valence-corrected chi connectivity index (χ0v) is 15.6. The van der Waals surface area contributed by atoms with Crippen LogP contribution in [0.2, 0.25) is 0 Å². The molecule has 8 heteroatoms. The predicted molar refractivity (Wildman–Crippen MR) is 105 cm³/mol. The highest BCUT2D eigenvalue weighted by Gasteiger charge is 2.20. The molecule has 0 radical (unpaired) electrons. The number of H-pyrrole nitrogens is 1. The van der Waals surface area contributed by atoms with Crippen LogP contribution in [-0.2, 0) is 4.79 Å². The van der Waals surface area contributed by atoms with E-state index in [0.29, 0.717) is 11.7 Å². The Morgan fingerprint density at radius 3 is 2.75 bits per heavy atom. The van der Waals surface area contributed by atoms with Gasteiger partial charge in [-0.1, -0.05) is 6.42 Å². The molecule has 1 aliphatic heterocycles. The van der Waals surface area contributed by atoms with E-state index in [-0.39, 0.29) is 29.3 Å². The predicted octanol–water partition coefficient (Wildman–Crippen LogP) is 2.58. The number of pyridine rings is 1. The molecule has 148 valence electrons. The number of anilines is 2. The summed E-state index contributed by atoms with van der Waals surface area (Å²) >= 11 is 0. The van der Waals surface area contributed by atoms with Crippen molar-refractivity contribution in [2.24, 2.45) is 0 Å². The van der Waals surface area contributed by atoms with E-state index in [1.807, 2.05) is 0 Å². The van der Waals surface area contributed by atoms with E-state index in [0.717, 1.165) is 19.4 Å². The second-order valence-corrected chi connectivity index (χ2v) is 6.95. The molecule has 1 unspecified atom stereocenters. The molecule has 7 nitrogen and oxygen atoms in total. The highest BCUT2D eigenvalue weighted by molar-refractivity contribution is 6.04. The third-order valence-electron chi connectivity index (χ3n) is 4.83. The van der Waals surface area contributed by atoms with Gasteiger partial charge in [-0.25, -0.2) is 4.39 Å². The molecule has 0 bridgehead atoms. The number of aromatic nitrogens is 1. The minimum absolute atomic E-state index is 0.0552. The number of piperidine rings is 1. The molecule has 1 fully saturated rings. The molecule has 2 amide bonds. The van der Waals surface area contributed by atoms with Crippen LogP contribution in [-0.4, -0.2) is 40.8 Å². The number of hydrogen-bond acceptors (Lipinski definition) is 4. The van der Waals surface area contributed by atoms with Gasteiger partial charge in [0.2, 0.25) is 11.5 Å². The lowest BCUT2D eigenvalue weighted by Gasteiger charge is -2.32. The topological polar surface area (TPSA) is 94.3 Å². The number of nitrogens with one attached hydrogen (secondary N) is 3. The monoisotopic (exact) mass is 386 g/mol. The average Bonchev–Trinajstić information content (AvgIpc) is 2.67. The van der Waals surface area contributed by atoms with Gasteiger partial charge < -0.3 is 15.6 Å². The standard InChI is InChI=1S/C20H23FN4O3/c1-13-4-2-3-9-25(13)12-19(27)23-15-6-7-16(21)17(10-15)24-20(28)14-5-8-18(26)22-11-14/h5-8,10-11,13H,2-4,9,12H2,1H3,(H,22,26)(H,23,27)(H,24,28). The molecule has 3 rings (SSSR count). The van der Waals surface area contributed by atoms with Gasteiger partial charge in [0.25, 0.3) is 5.91 Å². The van der Waals surface area contributed by atoms with Crippen LogP contribution in [0.3, 0.4) is 0 Å². The summed E-state index contributed by atoms with van der Waals surface area (Å²) in [6.45, 7) is 3.27. The molecule has 28 heavy (non-hydrogen) atoms. The van der Waals surface area contributed by atoms with Gasteiger partial charge in [-0.3, -0.25) is 19.3 Å². The number of benzene rings is 1. The van der Waals surface area contributed by atoms with E-state index < -0.39 is 11.7 Å². The van der Waals surface area contributed by atoms with Crippen molar-refractivity contribution < 1.29 is 14.0 Å². The summed E-state index contributed by atoms with van der Waals surface area (Å²) in [5.41, 5.74) is 0.191. The van der Waals surface area contributed by atoms with Gasteiger partial charge in [-0.2, -0.15) is 0 Å². The van der Waals surface area contributed by atoms with Crippen LogP contribution >= 0.6 is 0 Å². The molecule has 1 aromatic carbocycles. The fourth-order valence-corrected chi connectivity index (χ4v) is 3.22. The summed E-state index contributed by atoms with van der Waals surface area (Å²) < 4.78 is 14.1. The smallest absolute Gasteiger partial charge is 0.257 e. The third kappa shape index (κ3) is 5.04. The number of carbonyl (C=O) groups is 2. The second-order valence-electron chi connectivity index (χ2n) is 6.95. The van der Waals surface area contributed by atoms with Crippen molar-refractivity contribution in [2.75, 3.05) is 23.7 Å². The van der Waals surface area contributed by atoms with Gasteiger partial charge >= 0.3 is 0 Å². The van der Waals surface area contributed by atoms with E-state index in [2.05, 4.69) is 27.4 Å². The van der Waals surface area contributed by atoms with Crippen molar-refractivity contribution in [1.82, 2.24) is 9.88 Å². The van der Waals surface area contributed by atoms with Crippen molar-refractivity contribution in [2.45, 2.75) is 32.2 Å². The van der Waals surface area contributed by atoms with E-state index in [4.69, 9.17) is 0 Å². The number of amides is 2. The maximum absolute atomic E-state index is 14.1. The van der Waals surface area contributed by atoms with Crippen molar-refractivity contribution in [3.05, 3.63) is 58.3 Å². The number of carbonyl (C=O) groups excluding carboxylic acids is 2. The number of halogens is 1. The van der Waals surface area contributed by atoms with Crippen LogP contribution < -0.4 is 16.2 Å². The lowest BCUT2D eigenvalue weighted by Crippen LogP contribution is -2.42. The van der Waals surface area contributed by atoms with Crippen molar-refractivity contribution in [3.63, 3.8) is 0 Å². The van der Waals surface area contributed by atoms with Gasteiger partial charge in [0.15, 0.2) is 0 Å². The fraction of sp³-hybridized carbons (Fsp3) is 0.350. The normalized spacial score (nSPS) is 17.1. The van der Waals surface area contributed by atoms with Crippen molar-refractivity contribution >= 4 is 23.2 Å². The van der Waals surface area contributed by atoms with E-state index in [9.17, 15) is 18.8 Å². The molecule has 0 spiro atoms. The Kier molecular flexibility index (Phi) is 6.20.